The molecule has 0 unspecified atom stereocenters. The van der Waals surface area contributed by atoms with Crippen LogP contribution in [0.15, 0.2) is 64.3 Å². The Hall–Kier alpha value is -3.52. The number of hydrogen-bond acceptors (Lipinski definition) is 5. The van der Waals surface area contributed by atoms with Gasteiger partial charge in [-0.15, -0.1) is 0 Å². The normalized spacial score (nSPS) is 15.3. The van der Waals surface area contributed by atoms with Gasteiger partial charge in [-0.25, -0.2) is 9.58 Å². The number of rotatable bonds is 4. The topological polar surface area (TPSA) is 80.3 Å². The number of carbonyl (C=O) groups is 1. The fraction of sp³-hybridized carbons (Fsp3) is 0.136. The molecule has 1 fully saturated rings. The van der Waals surface area contributed by atoms with Gasteiger partial charge in [-0.05, 0) is 43.0 Å². The Morgan fingerprint density at radius 2 is 1.70 bits per heavy atom. The second-order valence-corrected chi connectivity index (χ2v) is 7.74. The molecule has 7 nitrogen and oxygen atoms in total. The molecule has 0 aliphatic carbocycles. The molecule has 30 heavy (non-hydrogen) atoms. The van der Waals surface area contributed by atoms with Gasteiger partial charge in [0.05, 0.1) is 23.4 Å². The SMILES string of the molecule is COc1ccccc1/C=C1\SC(=N)N(c2c(C)n(C)n(-c3ccccc3)c2=O)C1=O. The van der Waals surface area contributed by atoms with Crippen LogP contribution in [0.2, 0.25) is 0 Å². The molecule has 8 heteroatoms. The Labute approximate surface area is 177 Å². The molecule has 1 saturated heterocycles. The Morgan fingerprint density at radius 3 is 2.40 bits per heavy atom. The molecule has 152 valence electrons. The van der Waals surface area contributed by atoms with Crippen molar-refractivity contribution in [2.45, 2.75) is 6.92 Å². The Bertz CT molecular complexity index is 1240. The van der Waals surface area contributed by atoms with Crippen molar-refractivity contribution in [3.8, 4) is 11.4 Å². The number of ether oxygens (including phenoxy) is 1. The molecular weight excluding hydrogens is 400 g/mol. The molecule has 4 rings (SSSR count). The first-order chi connectivity index (χ1) is 14.4. The summed E-state index contributed by atoms with van der Waals surface area (Å²) in [5, 5.41) is 8.38. The highest BCUT2D eigenvalue weighted by Crippen LogP contribution is 2.36. The average Bonchev–Trinajstić information content (AvgIpc) is 3.14. The third-order valence-electron chi connectivity index (χ3n) is 5.00. The van der Waals surface area contributed by atoms with E-state index in [0.29, 0.717) is 22.0 Å². The Balaban J connectivity index is 1.79. The molecule has 0 spiro atoms. The Morgan fingerprint density at radius 1 is 1.03 bits per heavy atom. The summed E-state index contributed by atoms with van der Waals surface area (Å²) in [6, 6.07) is 16.5. The zero-order chi connectivity index (χ0) is 21.4. The van der Waals surface area contributed by atoms with Crippen molar-refractivity contribution >= 4 is 34.6 Å². The number of amidine groups is 1. The van der Waals surface area contributed by atoms with Crippen LogP contribution in [0.4, 0.5) is 5.69 Å². The van der Waals surface area contributed by atoms with E-state index in [0.717, 1.165) is 17.3 Å². The standard InChI is InChI=1S/C22H20N4O3S/c1-14-19(21(28)26(24(14)2)16-10-5-4-6-11-16)25-20(27)18(30-22(25)23)13-15-9-7-8-12-17(15)29-3/h4-13,23H,1-3H3/b18-13-,23-22?. The van der Waals surface area contributed by atoms with Gasteiger partial charge in [-0.3, -0.25) is 19.7 Å². The van der Waals surface area contributed by atoms with Crippen molar-refractivity contribution in [2.75, 3.05) is 12.0 Å². The molecule has 1 N–H and O–H groups in total. The summed E-state index contributed by atoms with van der Waals surface area (Å²) in [4.78, 5) is 28.0. The molecule has 0 saturated carbocycles. The second-order valence-electron chi connectivity index (χ2n) is 6.71. The monoisotopic (exact) mass is 420 g/mol. The first-order valence-corrected chi connectivity index (χ1v) is 10.0. The number of carbonyl (C=O) groups excluding carboxylic acids is 1. The van der Waals surface area contributed by atoms with E-state index in [9.17, 15) is 9.59 Å². The fourth-order valence-corrected chi connectivity index (χ4v) is 4.27. The van der Waals surface area contributed by atoms with Crippen molar-refractivity contribution < 1.29 is 9.53 Å². The van der Waals surface area contributed by atoms with Crippen molar-refractivity contribution in [2.24, 2.45) is 7.05 Å². The van der Waals surface area contributed by atoms with Crippen molar-refractivity contribution in [1.82, 2.24) is 9.36 Å². The number of benzene rings is 2. The van der Waals surface area contributed by atoms with Crippen LogP contribution in [0.1, 0.15) is 11.3 Å². The summed E-state index contributed by atoms with van der Waals surface area (Å²) < 4.78 is 8.54. The highest BCUT2D eigenvalue weighted by Gasteiger charge is 2.38. The summed E-state index contributed by atoms with van der Waals surface area (Å²) in [7, 11) is 3.32. The van der Waals surface area contributed by atoms with Crippen molar-refractivity contribution in [3.63, 3.8) is 0 Å². The highest BCUT2D eigenvalue weighted by atomic mass is 32.2. The van der Waals surface area contributed by atoms with E-state index in [4.69, 9.17) is 10.1 Å². The molecular formula is C22H20N4O3S. The van der Waals surface area contributed by atoms with E-state index >= 15 is 0 Å². The van der Waals surface area contributed by atoms with E-state index in [-0.39, 0.29) is 16.4 Å². The van der Waals surface area contributed by atoms with E-state index < -0.39 is 5.91 Å². The van der Waals surface area contributed by atoms with E-state index in [1.807, 2.05) is 48.5 Å². The molecule has 2 aromatic carbocycles. The minimum atomic E-state index is -0.401. The maximum absolute atomic E-state index is 13.3. The molecule has 0 radical (unpaired) electrons. The van der Waals surface area contributed by atoms with E-state index in [1.54, 1.807) is 37.9 Å². The van der Waals surface area contributed by atoms with E-state index in [2.05, 4.69) is 0 Å². The van der Waals surface area contributed by atoms with Crippen molar-refractivity contribution in [1.29, 1.82) is 5.41 Å². The maximum atomic E-state index is 13.3. The molecule has 1 aromatic heterocycles. The van der Waals surface area contributed by atoms with Crippen LogP contribution >= 0.6 is 11.8 Å². The lowest BCUT2D eigenvalue weighted by Gasteiger charge is -2.12. The Kier molecular flexibility index (Phi) is 5.09. The summed E-state index contributed by atoms with van der Waals surface area (Å²) in [5.74, 6) is 0.229. The van der Waals surface area contributed by atoms with Gasteiger partial charge in [-0.2, -0.15) is 0 Å². The number of amides is 1. The minimum Gasteiger partial charge on any atom is -0.496 e. The molecule has 0 bridgehead atoms. The minimum absolute atomic E-state index is 0.00726. The van der Waals surface area contributed by atoms with Crippen LogP contribution in [0.25, 0.3) is 11.8 Å². The van der Waals surface area contributed by atoms with Crippen molar-refractivity contribution in [3.05, 3.63) is 81.1 Å². The predicted molar refractivity (Wildman–Crippen MR) is 120 cm³/mol. The number of anilines is 1. The number of aromatic nitrogens is 2. The maximum Gasteiger partial charge on any atom is 0.296 e. The molecule has 1 aliphatic heterocycles. The van der Waals surface area contributed by atoms with Crippen LogP contribution in [0.3, 0.4) is 0 Å². The van der Waals surface area contributed by atoms with Gasteiger partial charge in [0.1, 0.15) is 11.4 Å². The average molecular weight is 420 g/mol. The summed E-state index contributed by atoms with van der Waals surface area (Å²) in [5.41, 5.74) is 1.86. The lowest BCUT2D eigenvalue weighted by atomic mass is 10.2. The molecule has 2 heterocycles. The molecule has 1 aliphatic rings. The fourth-order valence-electron chi connectivity index (χ4n) is 3.43. The van der Waals surface area contributed by atoms with Crippen LogP contribution in [0.5, 0.6) is 5.75 Å². The third-order valence-corrected chi connectivity index (χ3v) is 5.88. The molecule has 3 aromatic rings. The van der Waals surface area contributed by atoms with Gasteiger partial charge < -0.3 is 4.74 Å². The summed E-state index contributed by atoms with van der Waals surface area (Å²) >= 11 is 1.03. The zero-order valence-electron chi connectivity index (χ0n) is 16.7. The van der Waals surface area contributed by atoms with Gasteiger partial charge >= 0.3 is 0 Å². The van der Waals surface area contributed by atoms with Gasteiger partial charge in [0.25, 0.3) is 11.5 Å². The van der Waals surface area contributed by atoms with Crippen LogP contribution in [-0.4, -0.2) is 27.5 Å². The zero-order valence-corrected chi connectivity index (χ0v) is 17.6. The van der Waals surface area contributed by atoms with Gasteiger partial charge in [0.15, 0.2) is 5.17 Å². The third kappa shape index (κ3) is 3.15. The van der Waals surface area contributed by atoms with Gasteiger partial charge in [0.2, 0.25) is 0 Å². The largest absolute Gasteiger partial charge is 0.496 e. The lowest BCUT2D eigenvalue weighted by Crippen LogP contribution is -2.33. The highest BCUT2D eigenvalue weighted by molar-refractivity contribution is 8.19. The summed E-state index contributed by atoms with van der Waals surface area (Å²) in [6.45, 7) is 1.77. The van der Waals surface area contributed by atoms with E-state index in [1.165, 1.54) is 9.58 Å². The quantitative estimate of drug-likeness (QED) is 0.655. The summed E-state index contributed by atoms with van der Waals surface area (Å²) in [6.07, 6.45) is 1.69. The number of methoxy groups -OCH3 is 1. The molecule has 0 atom stereocenters. The number of hydrogen-bond donors (Lipinski definition) is 1. The second kappa shape index (κ2) is 7.72. The number of thioether (sulfide) groups is 1. The van der Waals surface area contributed by atoms with Gasteiger partial charge in [-0.1, -0.05) is 36.4 Å². The molecule has 1 amide bonds. The lowest BCUT2D eigenvalue weighted by molar-refractivity contribution is -0.113. The number of para-hydroxylation sites is 2. The smallest absolute Gasteiger partial charge is 0.296 e. The van der Waals surface area contributed by atoms with Crippen LogP contribution < -0.4 is 15.2 Å². The van der Waals surface area contributed by atoms with Gasteiger partial charge in [0, 0.05) is 12.6 Å². The van der Waals surface area contributed by atoms with Crippen LogP contribution in [0, 0.1) is 12.3 Å². The first-order valence-electron chi connectivity index (χ1n) is 9.23. The number of nitrogens with zero attached hydrogens (tertiary/aromatic N) is 3. The predicted octanol–water partition coefficient (Wildman–Crippen LogP) is 3.55. The number of nitrogens with one attached hydrogen (secondary N) is 1. The first kappa shape index (κ1) is 19.8. The van der Waals surface area contributed by atoms with Crippen LogP contribution in [-0.2, 0) is 11.8 Å².